The zero-order chi connectivity index (χ0) is 12.8. The minimum Gasteiger partial charge on any atom is -0.296 e. The van der Waals surface area contributed by atoms with Crippen molar-refractivity contribution in [1.82, 2.24) is 4.90 Å². The van der Waals surface area contributed by atoms with Gasteiger partial charge in [0.25, 0.3) is 0 Å². The Labute approximate surface area is 114 Å². The SMILES string of the molecule is CCSc1ccc(C(=O)CN2CCCCC2)cc1. The van der Waals surface area contributed by atoms with Crippen LogP contribution in [-0.4, -0.2) is 36.1 Å². The van der Waals surface area contributed by atoms with Crippen molar-refractivity contribution in [2.45, 2.75) is 31.1 Å². The number of piperidine rings is 1. The molecule has 1 saturated heterocycles. The maximum absolute atomic E-state index is 12.1. The van der Waals surface area contributed by atoms with Gasteiger partial charge < -0.3 is 0 Å². The molecule has 2 nitrogen and oxygen atoms in total. The fourth-order valence-electron chi connectivity index (χ4n) is 2.32. The zero-order valence-corrected chi connectivity index (χ0v) is 11.8. The van der Waals surface area contributed by atoms with Gasteiger partial charge in [0.05, 0.1) is 6.54 Å². The van der Waals surface area contributed by atoms with Gasteiger partial charge in [0.1, 0.15) is 0 Å². The summed E-state index contributed by atoms with van der Waals surface area (Å²) in [5.41, 5.74) is 0.848. The summed E-state index contributed by atoms with van der Waals surface area (Å²) in [4.78, 5) is 15.7. The molecular formula is C15H21NOS. The van der Waals surface area contributed by atoms with E-state index < -0.39 is 0 Å². The number of Topliss-reactive ketones (excluding diaryl/α,β-unsaturated/α-hetero) is 1. The number of carbonyl (C=O) groups excluding carboxylic acids is 1. The van der Waals surface area contributed by atoms with E-state index in [9.17, 15) is 4.79 Å². The van der Waals surface area contributed by atoms with Gasteiger partial charge in [0, 0.05) is 10.5 Å². The third kappa shape index (κ3) is 3.85. The number of nitrogens with zero attached hydrogens (tertiary/aromatic N) is 1. The van der Waals surface area contributed by atoms with E-state index in [1.165, 1.54) is 24.2 Å². The minimum atomic E-state index is 0.255. The molecule has 1 heterocycles. The number of thioether (sulfide) groups is 1. The maximum Gasteiger partial charge on any atom is 0.176 e. The van der Waals surface area contributed by atoms with Crippen LogP contribution in [0.4, 0.5) is 0 Å². The van der Waals surface area contributed by atoms with E-state index in [4.69, 9.17) is 0 Å². The Morgan fingerprint density at radius 3 is 2.44 bits per heavy atom. The van der Waals surface area contributed by atoms with Gasteiger partial charge in [0.2, 0.25) is 0 Å². The first-order chi connectivity index (χ1) is 8.79. The fourth-order valence-corrected chi connectivity index (χ4v) is 2.98. The standard InChI is InChI=1S/C15H21NOS/c1-2-18-14-8-6-13(7-9-14)15(17)12-16-10-4-3-5-11-16/h6-9H,2-5,10-12H2,1H3. The second-order valence-corrected chi connectivity index (χ2v) is 6.05. The molecular weight excluding hydrogens is 242 g/mol. The molecule has 0 amide bonds. The lowest BCUT2D eigenvalue weighted by atomic mass is 10.1. The van der Waals surface area contributed by atoms with Crippen LogP contribution in [0.1, 0.15) is 36.5 Å². The van der Waals surface area contributed by atoms with Crippen molar-refractivity contribution < 1.29 is 4.79 Å². The molecule has 1 fully saturated rings. The predicted octanol–water partition coefficient (Wildman–Crippen LogP) is 3.47. The highest BCUT2D eigenvalue weighted by Crippen LogP contribution is 2.18. The Morgan fingerprint density at radius 1 is 1.17 bits per heavy atom. The van der Waals surface area contributed by atoms with Gasteiger partial charge in [-0.05, 0) is 43.8 Å². The van der Waals surface area contributed by atoms with Gasteiger partial charge in [-0.25, -0.2) is 0 Å². The molecule has 1 aliphatic rings. The number of ketones is 1. The number of carbonyl (C=O) groups is 1. The van der Waals surface area contributed by atoms with E-state index in [1.807, 2.05) is 23.9 Å². The number of likely N-dealkylation sites (tertiary alicyclic amines) is 1. The first kappa shape index (κ1) is 13.6. The average molecular weight is 263 g/mol. The van der Waals surface area contributed by atoms with Gasteiger partial charge in [-0.2, -0.15) is 0 Å². The lowest BCUT2D eigenvalue weighted by Gasteiger charge is -2.25. The van der Waals surface area contributed by atoms with E-state index in [0.29, 0.717) is 6.54 Å². The van der Waals surface area contributed by atoms with Gasteiger partial charge >= 0.3 is 0 Å². The molecule has 1 aromatic carbocycles. The Hall–Kier alpha value is -0.800. The van der Waals surface area contributed by atoms with E-state index >= 15 is 0 Å². The molecule has 0 radical (unpaired) electrons. The summed E-state index contributed by atoms with van der Waals surface area (Å²) in [6, 6.07) is 8.03. The topological polar surface area (TPSA) is 20.3 Å². The van der Waals surface area contributed by atoms with Crippen molar-refractivity contribution in [1.29, 1.82) is 0 Å². The second kappa shape index (κ2) is 6.95. The van der Waals surface area contributed by atoms with E-state index in [-0.39, 0.29) is 5.78 Å². The smallest absolute Gasteiger partial charge is 0.176 e. The lowest BCUT2D eigenvalue weighted by Crippen LogP contribution is -2.34. The van der Waals surface area contributed by atoms with Gasteiger partial charge in [-0.15, -0.1) is 11.8 Å². The first-order valence-corrected chi connectivity index (χ1v) is 7.76. The van der Waals surface area contributed by atoms with Crippen LogP contribution >= 0.6 is 11.8 Å². The largest absolute Gasteiger partial charge is 0.296 e. The number of rotatable bonds is 5. The van der Waals surface area contributed by atoms with E-state index in [0.717, 1.165) is 24.4 Å². The van der Waals surface area contributed by atoms with E-state index in [1.54, 1.807) is 0 Å². The molecule has 0 aromatic heterocycles. The van der Waals surface area contributed by atoms with Crippen LogP contribution in [0.15, 0.2) is 29.2 Å². The first-order valence-electron chi connectivity index (χ1n) is 6.78. The van der Waals surface area contributed by atoms with Crippen LogP contribution in [0.3, 0.4) is 0 Å². The summed E-state index contributed by atoms with van der Waals surface area (Å²) >= 11 is 1.81. The predicted molar refractivity (Wildman–Crippen MR) is 77.5 cm³/mol. The monoisotopic (exact) mass is 263 g/mol. The highest BCUT2D eigenvalue weighted by Gasteiger charge is 2.14. The highest BCUT2D eigenvalue weighted by atomic mass is 32.2. The quantitative estimate of drug-likeness (QED) is 0.599. The molecule has 0 bridgehead atoms. The van der Waals surface area contributed by atoms with Crippen LogP contribution in [0, 0.1) is 0 Å². The van der Waals surface area contributed by atoms with Crippen molar-refractivity contribution in [2.75, 3.05) is 25.4 Å². The summed E-state index contributed by atoms with van der Waals surface area (Å²) < 4.78 is 0. The van der Waals surface area contributed by atoms with Crippen LogP contribution in [0.5, 0.6) is 0 Å². The third-order valence-corrected chi connectivity index (χ3v) is 4.20. The molecule has 0 atom stereocenters. The van der Waals surface area contributed by atoms with Crippen molar-refractivity contribution in [3.8, 4) is 0 Å². The van der Waals surface area contributed by atoms with Crippen molar-refractivity contribution >= 4 is 17.5 Å². The lowest BCUT2D eigenvalue weighted by molar-refractivity contribution is 0.0915. The van der Waals surface area contributed by atoms with Gasteiger partial charge in [-0.3, -0.25) is 9.69 Å². The normalized spacial score (nSPS) is 16.7. The molecule has 0 saturated carbocycles. The summed E-state index contributed by atoms with van der Waals surface area (Å²) in [7, 11) is 0. The number of benzene rings is 1. The Kier molecular flexibility index (Phi) is 5.26. The van der Waals surface area contributed by atoms with Crippen LogP contribution in [-0.2, 0) is 0 Å². The molecule has 2 rings (SSSR count). The Balaban J connectivity index is 1.91. The summed E-state index contributed by atoms with van der Waals surface area (Å²) in [6.07, 6.45) is 3.78. The molecule has 0 spiro atoms. The van der Waals surface area contributed by atoms with Crippen molar-refractivity contribution in [2.24, 2.45) is 0 Å². The molecule has 1 aromatic rings. The zero-order valence-electron chi connectivity index (χ0n) is 11.0. The molecule has 1 aliphatic heterocycles. The maximum atomic E-state index is 12.1. The Bertz CT molecular complexity index is 382. The van der Waals surface area contributed by atoms with Crippen molar-refractivity contribution in [3.05, 3.63) is 29.8 Å². The van der Waals surface area contributed by atoms with Gasteiger partial charge in [0.15, 0.2) is 5.78 Å². The fraction of sp³-hybridized carbons (Fsp3) is 0.533. The summed E-state index contributed by atoms with van der Waals surface area (Å²) in [6.45, 7) is 4.88. The molecule has 18 heavy (non-hydrogen) atoms. The average Bonchev–Trinajstić information content (AvgIpc) is 2.41. The van der Waals surface area contributed by atoms with Crippen molar-refractivity contribution in [3.63, 3.8) is 0 Å². The second-order valence-electron chi connectivity index (χ2n) is 4.72. The molecule has 3 heteroatoms. The highest BCUT2D eigenvalue weighted by molar-refractivity contribution is 7.99. The number of hydrogen-bond acceptors (Lipinski definition) is 3. The number of hydrogen-bond donors (Lipinski definition) is 0. The van der Waals surface area contributed by atoms with Gasteiger partial charge in [-0.1, -0.05) is 25.5 Å². The molecule has 0 aliphatic carbocycles. The minimum absolute atomic E-state index is 0.255. The van der Waals surface area contributed by atoms with Crippen LogP contribution < -0.4 is 0 Å². The Morgan fingerprint density at radius 2 is 1.83 bits per heavy atom. The third-order valence-electron chi connectivity index (χ3n) is 3.30. The van der Waals surface area contributed by atoms with Crippen LogP contribution in [0.2, 0.25) is 0 Å². The van der Waals surface area contributed by atoms with Crippen LogP contribution in [0.25, 0.3) is 0 Å². The molecule has 0 unspecified atom stereocenters. The molecule has 0 N–H and O–H groups in total. The summed E-state index contributed by atoms with van der Waals surface area (Å²) in [5, 5.41) is 0. The van der Waals surface area contributed by atoms with E-state index in [2.05, 4.69) is 24.0 Å². The summed E-state index contributed by atoms with van der Waals surface area (Å²) in [5.74, 6) is 1.33. The molecule has 98 valence electrons.